The first kappa shape index (κ1) is 36.1. The summed E-state index contributed by atoms with van der Waals surface area (Å²) in [7, 11) is 9.27. The molecule has 4 aromatic rings. The van der Waals surface area contributed by atoms with Crippen LogP contribution in [0.3, 0.4) is 0 Å². The summed E-state index contributed by atoms with van der Waals surface area (Å²) in [6, 6.07) is 7.83. The van der Waals surface area contributed by atoms with Gasteiger partial charge >= 0.3 is 11.9 Å². The van der Waals surface area contributed by atoms with Crippen molar-refractivity contribution in [3.8, 4) is 23.0 Å². The van der Waals surface area contributed by atoms with Gasteiger partial charge in [-0.25, -0.2) is 9.97 Å². The van der Waals surface area contributed by atoms with E-state index in [4.69, 9.17) is 28.4 Å². The lowest BCUT2D eigenvalue weighted by Crippen LogP contribution is -2.30. The minimum atomic E-state index is -0.106. The van der Waals surface area contributed by atoms with E-state index in [2.05, 4.69) is 30.6 Å². The maximum atomic E-state index is 11.6. The summed E-state index contributed by atoms with van der Waals surface area (Å²) >= 11 is 0. The van der Waals surface area contributed by atoms with Crippen LogP contribution in [-0.2, 0) is 19.1 Å². The molecule has 0 unspecified atom stereocenters. The molecule has 0 amide bonds. The Bertz CT molecular complexity index is 1640. The van der Waals surface area contributed by atoms with E-state index in [0.717, 1.165) is 85.1 Å². The predicted molar refractivity (Wildman–Crippen MR) is 188 cm³/mol. The number of rotatable bonds is 10. The summed E-state index contributed by atoms with van der Waals surface area (Å²) < 4.78 is 30.9. The van der Waals surface area contributed by atoms with E-state index < -0.39 is 0 Å². The molecule has 2 fully saturated rings. The SMILES string of the molecule is COc1cc2ncc(N[C@H]3CC[C@@H](C(=O)OC)CC3)nc2cc1OC.COc1cc2ncc(N[C@H]3CC[C@H](C(=O)OC)CC3)nc2cc1OC. The number of benzene rings is 2. The highest BCUT2D eigenvalue weighted by Crippen LogP contribution is 2.33. The standard InChI is InChI=1S/2C18H23N3O4/c2*1-23-15-8-13-14(9-16(15)24-2)21-17(10-19-13)20-12-6-4-11(5-7-12)18(22)25-3/h2*8-12H,4-7H2,1-3H3,(H,20,21)/t11-,12+;11-,12-. The Morgan fingerprint density at radius 1 is 0.520 bits per heavy atom. The van der Waals surface area contributed by atoms with Crippen molar-refractivity contribution < 1.29 is 38.0 Å². The quantitative estimate of drug-likeness (QED) is 0.198. The summed E-state index contributed by atoms with van der Waals surface area (Å²) in [6.45, 7) is 0. The van der Waals surface area contributed by atoms with Crippen molar-refractivity contribution in [2.75, 3.05) is 53.3 Å². The van der Waals surface area contributed by atoms with Crippen molar-refractivity contribution in [2.24, 2.45) is 11.8 Å². The fourth-order valence-electron chi connectivity index (χ4n) is 6.52. The summed E-state index contributed by atoms with van der Waals surface area (Å²) in [6.07, 6.45) is 10.4. The van der Waals surface area contributed by atoms with Gasteiger partial charge in [-0.05, 0) is 51.4 Å². The van der Waals surface area contributed by atoms with Gasteiger partial charge in [-0.2, -0.15) is 0 Å². The third-order valence-corrected chi connectivity index (χ3v) is 9.32. The van der Waals surface area contributed by atoms with Crippen LogP contribution in [0.5, 0.6) is 23.0 Å². The molecule has 2 heterocycles. The van der Waals surface area contributed by atoms with E-state index in [1.807, 2.05) is 24.3 Å². The Hall–Kier alpha value is -5.14. The minimum Gasteiger partial charge on any atom is -0.493 e. The van der Waals surface area contributed by atoms with Crippen molar-refractivity contribution in [2.45, 2.75) is 63.5 Å². The zero-order chi connectivity index (χ0) is 35.6. The summed E-state index contributed by atoms with van der Waals surface area (Å²) in [4.78, 5) is 41.4. The molecule has 14 heteroatoms. The Balaban J connectivity index is 0.000000194. The van der Waals surface area contributed by atoms with Gasteiger partial charge in [-0.3, -0.25) is 19.6 Å². The normalized spacial score (nSPS) is 20.1. The molecule has 2 aliphatic carbocycles. The number of methoxy groups -OCH3 is 6. The second kappa shape index (κ2) is 17.0. The third-order valence-electron chi connectivity index (χ3n) is 9.32. The largest absolute Gasteiger partial charge is 0.493 e. The van der Waals surface area contributed by atoms with E-state index in [1.165, 1.54) is 14.2 Å². The molecule has 2 aromatic carbocycles. The van der Waals surface area contributed by atoms with Crippen LogP contribution in [0.4, 0.5) is 11.6 Å². The van der Waals surface area contributed by atoms with Crippen LogP contribution in [0, 0.1) is 11.8 Å². The number of nitrogens with one attached hydrogen (secondary N) is 2. The van der Waals surface area contributed by atoms with E-state index in [-0.39, 0.29) is 35.9 Å². The lowest BCUT2D eigenvalue weighted by atomic mass is 9.86. The zero-order valence-electron chi connectivity index (χ0n) is 29.5. The van der Waals surface area contributed by atoms with Crippen molar-refractivity contribution in [3.63, 3.8) is 0 Å². The third kappa shape index (κ3) is 8.71. The van der Waals surface area contributed by atoms with Crippen LogP contribution in [0.25, 0.3) is 22.1 Å². The lowest BCUT2D eigenvalue weighted by Gasteiger charge is -2.27. The molecule has 6 rings (SSSR count). The van der Waals surface area contributed by atoms with Crippen LogP contribution in [0.15, 0.2) is 36.7 Å². The van der Waals surface area contributed by atoms with Gasteiger partial charge in [0.1, 0.15) is 11.6 Å². The molecule has 2 aliphatic rings. The van der Waals surface area contributed by atoms with E-state index in [1.54, 1.807) is 40.8 Å². The first-order valence-corrected chi connectivity index (χ1v) is 16.7. The number of hydrogen-bond donors (Lipinski definition) is 2. The van der Waals surface area contributed by atoms with Crippen LogP contribution in [-0.4, -0.2) is 86.6 Å². The number of carbonyl (C=O) groups excluding carboxylic acids is 2. The van der Waals surface area contributed by atoms with Gasteiger partial charge in [-0.15, -0.1) is 0 Å². The van der Waals surface area contributed by atoms with E-state index >= 15 is 0 Å². The molecule has 0 radical (unpaired) electrons. The highest BCUT2D eigenvalue weighted by molar-refractivity contribution is 5.81. The maximum Gasteiger partial charge on any atom is 0.308 e. The second-order valence-electron chi connectivity index (χ2n) is 12.3. The molecule has 2 saturated carbocycles. The van der Waals surface area contributed by atoms with Crippen LogP contribution >= 0.6 is 0 Å². The van der Waals surface area contributed by atoms with E-state index in [9.17, 15) is 9.59 Å². The zero-order valence-corrected chi connectivity index (χ0v) is 29.5. The minimum absolute atomic E-state index is 0.0162. The number of nitrogens with zero attached hydrogens (tertiary/aromatic N) is 4. The molecular formula is C36H46N6O8. The van der Waals surface area contributed by atoms with Gasteiger partial charge in [0.2, 0.25) is 0 Å². The molecule has 50 heavy (non-hydrogen) atoms. The first-order valence-electron chi connectivity index (χ1n) is 16.7. The molecular weight excluding hydrogens is 644 g/mol. The molecule has 0 atom stereocenters. The smallest absolute Gasteiger partial charge is 0.308 e. The molecule has 0 aliphatic heterocycles. The van der Waals surface area contributed by atoms with Gasteiger partial charge in [-0.1, -0.05) is 0 Å². The predicted octanol–water partition coefficient (Wildman–Crippen LogP) is 5.58. The highest BCUT2D eigenvalue weighted by atomic mass is 16.5. The number of carbonyl (C=O) groups is 2. The van der Waals surface area contributed by atoms with Crippen molar-refractivity contribution in [1.82, 2.24) is 19.9 Å². The number of hydrogen-bond acceptors (Lipinski definition) is 14. The Morgan fingerprint density at radius 3 is 1.14 bits per heavy atom. The Morgan fingerprint density at radius 2 is 0.840 bits per heavy atom. The van der Waals surface area contributed by atoms with Gasteiger partial charge in [0, 0.05) is 36.3 Å². The Kier molecular flexibility index (Phi) is 12.3. The van der Waals surface area contributed by atoms with Gasteiger partial charge in [0.25, 0.3) is 0 Å². The van der Waals surface area contributed by atoms with Gasteiger partial charge < -0.3 is 39.1 Å². The summed E-state index contributed by atoms with van der Waals surface area (Å²) in [5, 5.41) is 6.84. The van der Waals surface area contributed by atoms with E-state index in [0.29, 0.717) is 23.0 Å². The molecule has 0 spiro atoms. The Labute approximate surface area is 291 Å². The van der Waals surface area contributed by atoms with Crippen LogP contribution in [0.2, 0.25) is 0 Å². The van der Waals surface area contributed by atoms with Crippen molar-refractivity contribution >= 4 is 45.6 Å². The topological polar surface area (TPSA) is 165 Å². The summed E-state index contributed by atoms with van der Waals surface area (Å²) in [5.41, 5.74) is 2.98. The molecule has 0 saturated heterocycles. The second-order valence-corrected chi connectivity index (χ2v) is 12.3. The number of ether oxygens (including phenoxy) is 6. The average molecular weight is 691 g/mol. The van der Waals surface area contributed by atoms with Crippen molar-refractivity contribution in [1.29, 1.82) is 0 Å². The number of anilines is 2. The number of esters is 2. The van der Waals surface area contributed by atoms with Crippen LogP contribution < -0.4 is 29.6 Å². The average Bonchev–Trinajstić information content (AvgIpc) is 3.16. The molecule has 2 N–H and O–H groups in total. The number of fused-ring (bicyclic) bond motifs is 2. The van der Waals surface area contributed by atoms with Crippen LogP contribution in [0.1, 0.15) is 51.4 Å². The number of aromatic nitrogens is 4. The van der Waals surface area contributed by atoms with Crippen molar-refractivity contribution in [3.05, 3.63) is 36.7 Å². The molecule has 268 valence electrons. The summed E-state index contributed by atoms with van der Waals surface area (Å²) in [5.74, 6) is 3.78. The fourth-order valence-corrected chi connectivity index (χ4v) is 6.52. The maximum absolute atomic E-state index is 11.6. The molecule has 0 bridgehead atoms. The monoisotopic (exact) mass is 690 g/mol. The lowest BCUT2D eigenvalue weighted by molar-refractivity contribution is -0.147. The molecule has 2 aromatic heterocycles. The van der Waals surface area contributed by atoms with Gasteiger partial charge in [0.05, 0.1) is 89.0 Å². The first-order chi connectivity index (χ1) is 24.3. The highest BCUT2D eigenvalue weighted by Gasteiger charge is 2.28. The van der Waals surface area contributed by atoms with Gasteiger partial charge in [0.15, 0.2) is 23.0 Å². The fraction of sp³-hybridized carbons (Fsp3) is 0.500. The molecule has 14 nitrogen and oxygen atoms in total.